The maximum atomic E-state index is 2.75. The van der Waals surface area contributed by atoms with E-state index >= 15 is 0 Å². The molecule has 0 spiro atoms. The predicted octanol–water partition coefficient (Wildman–Crippen LogP) is 5.75. The second-order valence-corrected chi connectivity index (χ2v) is 0.500. The van der Waals surface area contributed by atoms with Crippen molar-refractivity contribution in [3.05, 3.63) is 0 Å². The first-order chi connectivity index (χ1) is 6.41. The molecule has 0 atom stereocenters. The van der Waals surface area contributed by atoms with Crippen molar-refractivity contribution in [3.8, 4) is 0 Å². The summed E-state index contributed by atoms with van der Waals surface area (Å²) >= 11 is 0. The lowest BCUT2D eigenvalue weighted by molar-refractivity contribution is 1.02. The third-order valence-corrected chi connectivity index (χ3v) is 0. The minimum Gasteiger partial charge on any atom is -0.344 e. The zero-order valence-electron chi connectivity index (χ0n) is 13.6. The van der Waals surface area contributed by atoms with Gasteiger partial charge in [0.25, 0.3) is 0 Å². The fourth-order valence-electron chi connectivity index (χ4n) is 0. The Morgan fingerprint density at radius 3 is 0.467 bits per heavy atom. The molecule has 2 nitrogen and oxygen atoms in total. The third-order valence-electron chi connectivity index (χ3n) is 0. The Kier molecular flexibility index (Phi) is 3840. The standard InChI is InChI=1S/C2H7N.5C2H6.HI.H3N/c1-3-2;5*1-2;;/h3H,1-2H3;5*1-2H3;1H;1H3. The van der Waals surface area contributed by atoms with Gasteiger partial charge in [0.05, 0.1) is 0 Å². The summed E-state index contributed by atoms with van der Waals surface area (Å²) in [6.45, 7) is 20.0. The quantitative estimate of drug-likeness (QED) is 0.552. The molecular formula is C12H41IN2. The fraction of sp³-hybridized carbons (Fsp3) is 1.00. The van der Waals surface area contributed by atoms with Gasteiger partial charge in [0.2, 0.25) is 0 Å². The lowest BCUT2D eigenvalue weighted by Gasteiger charge is -1.59. The highest BCUT2D eigenvalue weighted by Gasteiger charge is 1.25. The largest absolute Gasteiger partial charge is 0.344 e. The molecule has 0 unspecified atom stereocenters. The number of hydrogen-bond acceptors (Lipinski definition) is 2. The molecule has 0 saturated heterocycles. The van der Waals surface area contributed by atoms with E-state index in [1.54, 1.807) is 0 Å². The first kappa shape index (κ1) is 57.4. The van der Waals surface area contributed by atoms with Gasteiger partial charge >= 0.3 is 0 Å². The highest BCUT2D eigenvalue weighted by Crippen LogP contribution is 1.15. The van der Waals surface area contributed by atoms with Gasteiger partial charge in [0.15, 0.2) is 0 Å². The third kappa shape index (κ3) is 5550. The molecule has 0 aromatic rings. The number of rotatable bonds is 0. The Labute approximate surface area is 119 Å². The van der Waals surface area contributed by atoms with Crippen LogP contribution in [0.5, 0.6) is 0 Å². The maximum absolute atomic E-state index is 2.75. The zero-order chi connectivity index (χ0) is 12.7. The Hall–Kier alpha value is 0.650. The molecule has 0 bridgehead atoms. The zero-order valence-corrected chi connectivity index (χ0v) is 15.9. The van der Waals surface area contributed by atoms with Crippen LogP contribution in [0, 0.1) is 0 Å². The molecule has 0 aliphatic rings. The predicted molar refractivity (Wildman–Crippen MR) is 92.2 cm³/mol. The lowest BCUT2D eigenvalue weighted by atomic mass is 11.0. The summed E-state index contributed by atoms with van der Waals surface area (Å²) in [7, 11) is 3.75. The minimum absolute atomic E-state index is 0. The van der Waals surface area contributed by atoms with E-state index in [1.165, 1.54) is 0 Å². The smallest absolute Gasteiger partial charge is 0.0167 e. The second kappa shape index (κ2) is 1000. The van der Waals surface area contributed by atoms with Crippen molar-refractivity contribution in [2.24, 2.45) is 0 Å². The van der Waals surface area contributed by atoms with Gasteiger partial charge in [0.1, 0.15) is 0 Å². The molecule has 0 aromatic heterocycles. The Bertz CT molecular complexity index is 13.6. The van der Waals surface area contributed by atoms with Crippen LogP contribution in [0.2, 0.25) is 0 Å². The van der Waals surface area contributed by atoms with Crippen molar-refractivity contribution in [2.75, 3.05) is 14.1 Å². The molecule has 0 heterocycles. The van der Waals surface area contributed by atoms with E-state index in [9.17, 15) is 0 Å². The summed E-state index contributed by atoms with van der Waals surface area (Å²) < 4.78 is 0. The summed E-state index contributed by atoms with van der Waals surface area (Å²) in [4.78, 5) is 0. The van der Waals surface area contributed by atoms with Crippen LogP contribution in [-0.4, -0.2) is 14.1 Å². The van der Waals surface area contributed by atoms with E-state index in [0.717, 1.165) is 0 Å². The summed E-state index contributed by atoms with van der Waals surface area (Å²) in [5.74, 6) is 0. The van der Waals surface area contributed by atoms with Gasteiger partial charge in [-0.3, -0.25) is 0 Å². The molecule has 0 radical (unpaired) electrons. The summed E-state index contributed by atoms with van der Waals surface area (Å²) in [6, 6.07) is 0. The van der Waals surface area contributed by atoms with Crippen molar-refractivity contribution in [2.45, 2.75) is 69.2 Å². The molecule has 0 rings (SSSR count). The van der Waals surface area contributed by atoms with E-state index in [2.05, 4.69) is 5.32 Å². The fourth-order valence-corrected chi connectivity index (χ4v) is 0. The molecule has 0 aliphatic carbocycles. The van der Waals surface area contributed by atoms with Crippen molar-refractivity contribution in [1.82, 2.24) is 11.5 Å². The number of halogens is 1. The summed E-state index contributed by atoms with van der Waals surface area (Å²) in [5, 5.41) is 2.75. The SMILES string of the molecule is CC.CC.CC.CC.CC.CNC.I.N. The van der Waals surface area contributed by atoms with Gasteiger partial charge in [-0.15, -0.1) is 24.0 Å². The molecule has 3 heteroatoms. The van der Waals surface area contributed by atoms with Crippen LogP contribution < -0.4 is 11.5 Å². The molecule has 0 aromatic carbocycles. The van der Waals surface area contributed by atoms with E-state index < -0.39 is 0 Å². The normalized spacial score (nSPS) is 3.20. The molecule has 106 valence electrons. The molecule has 0 aliphatic heterocycles. The summed E-state index contributed by atoms with van der Waals surface area (Å²) in [5.41, 5.74) is 0. The average Bonchev–Trinajstić information content (AvgIpc) is 2.32. The first-order valence-electron chi connectivity index (χ1n) is 6.00. The topological polar surface area (TPSA) is 47.0 Å². The van der Waals surface area contributed by atoms with Crippen LogP contribution in [0.4, 0.5) is 0 Å². The molecule has 0 amide bonds. The highest BCUT2D eigenvalue weighted by molar-refractivity contribution is 14.0. The number of hydrogen-bond donors (Lipinski definition) is 2. The molecular weight excluding hydrogens is 299 g/mol. The van der Waals surface area contributed by atoms with Gasteiger partial charge < -0.3 is 11.5 Å². The Morgan fingerprint density at radius 2 is 0.467 bits per heavy atom. The highest BCUT2D eigenvalue weighted by atomic mass is 127. The average molecular weight is 340 g/mol. The minimum atomic E-state index is 0. The monoisotopic (exact) mass is 340 g/mol. The summed E-state index contributed by atoms with van der Waals surface area (Å²) in [6.07, 6.45) is 0. The van der Waals surface area contributed by atoms with Gasteiger partial charge in [-0.1, -0.05) is 69.2 Å². The van der Waals surface area contributed by atoms with E-state index in [0.29, 0.717) is 0 Å². The van der Waals surface area contributed by atoms with E-state index in [-0.39, 0.29) is 30.1 Å². The van der Waals surface area contributed by atoms with Gasteiger partial charge in [-0.25, -0.2) is 0 Å². The maximum Gasteiger partial charge on any atom is -0.0167 e. The van der Waals surface area contributed by atoms with E-state index in [4.69, 9.17) is 0 Å². The molecule has 4 N–H and O–H groups in total. The Morgan fingerprint density at radius 1 is 0.467 bits per heavy atom. The van der Waals surface area contributed by atoms with Crippen molar-refractivity contribution >= 4 is 24.0 Å². The van der Waals surface area contributed by atoms with Gasteiger partial charge in [-0.2, -0.15) is 0 Å². The lowest BCUT2D eigenvalue weighted by Crippen LogP contribution is -1.89. The van der Waals surface area contributed by atoms with Crippen molar-refractivity contribution in [3.63, 3.8) is 0 Å². The van der Waals surface area contributed by atoms with Crippen LogP contribution in [-0.2, 0) is 0 Å². The second-order valence-electron chi connectivity index (χ2n) is 0.500. The Balaban J connectivity index is -0.00000000643. The molecule has 15 heavy (non-hydrogen) atoms. The van der Waals surface area contributed by atoms with Crippen LogP contribution in [0.1, 0.15) is 69.2 Å². The van der Waals surface area contributed by atoms with E-state index in [1.807, 2.05) is 83.3 Å². The van der Waals surface area contributed by atoms with Crippen LogP contribution in [0.15, 0.2) is 0 Å². The van der Waals surface area contributed by atoms with Gasteiger partial charge in [0, 0.05) is 0 Å². The first-order valence-corrected chi connectivity index (χ1v) is 6.00. The number of nitrogens with one attached hydrogen (secondary N) is 1. The van der Waals surface area contributed by atoms with Gasteiger partial charge in [-0.05, 0) is 14.1 Å². The van der Waals surface area contributed by atoms with Crippen LogP contribution in [0.25, 0.3) is 0 Å². The van der Waals surface area contributed by atoms with Crippen molar-refractivity contribution < 1.29 is 0 Å². The van der Waals surface area contributed by atoms with Crippen LogP contribution in [0.3, 0.4) is 0 Å². The molecule has 0 fully saturated rings. The van der Waals surface area contributed by atoms with Crippen LogP contribution >= 0.6 is 24.0 Å². The van der Waals surface area contributed by atoms with Crippen molar-refractivity contribution in [1.29, 1.82) is 0 Å². The molecule has 0 saturated carbocycles.